The number of rotatable bonds is 6. The van der Waals surface area contributed by atoms with Gasteiger partial charge in [0.1, 0.15) is 12.3 Å². The van der Waals surface area contributed by atoms with Gasteiger partial charge in [-0.25, -0.2) is 14.3 Å². The minimum absolute atomic E-state index is 0.00236. The highest BCUT2D eigenvalue weighted by Crippen LogP contribution is 2.34. The van der Waals surface area contributed by atoms with E-state index in [2.05, 4.69) is 15.9 Å². The van der Waals surface area contributed by atoms with E-state index in [-0.39, 0.29) is 16.3 Å². The zero-order valence-corrected chi connectivity index (χ0v) is 16.2. The van der Waals surface area contributed by atoms with E-state index in [4.69, 9.17) is 22.2 Å². The molecule has 1 amide bonds. The van der Waals surface area contributed by atoms with Crippen LogP contribution >= 0.6 is 27.5 Å². The normalized spacial score (nSPS) is 11.0. The molecule has 134 valence electrons. The molecule has 2 rings (SSSR count). The van der Waals surface area contributed by atoms with Crippen molar-refractivity contribution >= 4 is 49.1 Å². The molecule has 0 unspecified atom stereocenters. The third-order valence-electron chi connectivity index (χ3n) is 3.26. The fourth-order valence-corrected chi connectivity index (χ4v) is 3.92. The predicted molar refractivity (Wildman–Crippen MR) is 99.0 cm³/mol. The van der Waals surface area contributed by atoms with Crippen LogP contribution in [0.5, 0.6) is 5.75 Å². The largest absolute Gasteiger partial charge is 0.495 e. The van der Waals surface area contributed by atoms with Gasteiger partial charge in [0.2, 0.25) is 0 Å². The molecule has 2 aromatic rings. The minimum Gasteiger partial charge on any atom is -0.495 e. The summed E-state index contributed by atoms with van der Waals surface area (Å²) in [6, 6.07) is 10.5. The van der Waals surface area contributed by atoms with Crippen molar-refractivity contribution in [3.8, 4) is 5.75 Å². The Kier molecular flexibility index (Phi) is 6.28. The molecule has 0 atom stereocenters. The second-order valence-corrected chi connectivity index (χ2v) is 8.06. The van der Waals surface area contributed by atoms with Crippen molar-refractivity contribution in [1.29, 1.82) is 0 Å². The van der Waals surface area contributed by atoms with Gasteiger partial charge in [0, 0.05) is 9.50 Å². The maximum Gasteiger partial charge on any atom is 0.264 e. The fourth-order valence-electron chi connectivity index (χ4n) is 2.07. The minimum atomic E-state index is -4.07. The molecule has 0 aromatic heterocycles. The molecule has 0 aliphatic rings. The van der Waals surface area contributed by atoms with Crippen LogP contribution in [0.3, 0.4) is 0 Å². The topological polar surface area (TPSA) is 102 Å². The SMILES string of the molecule is COc1ccc(Cl)cc1N(CC(=O)NN)S(=O)(=O)c1ccc(Br)cc1. The van der Waals surface area contributed by atoms with E-state index in [1.165, 1.54) is 31.4 Å². The van der Waals surface area contributed by atoms with Crippen LogP contribution in [0.1, 0.15) is 0 Å². The average Bonchev–Trinajstić information content (AvgIpc) is 2.59. The molecule has 0 heterocycles. The third kappa shape index (κ3) is 4.43. The van der Waals surface area contributed by atoms with Gasteiger partial charge in [-0.15, -0.1) is 0 Å². The second kappa shape index (κ2) is 8.05. The molecule has 0 aliphatic carbocycles. The fraction of sp³-hybridized carbons (Fsp3) is 0.133. The number of hydrazine groups is 1. The molecule has 0 saturated heterocycles. The summed E-state index contributed by atoms with van der Waals surface area (Å²) in [5, 5.41) is 0.292. The van der Waals surface area contributed by atoms with E-state index in [9.17, 15) is 13.2 Å². The average molecular weight is 449 g/mol. The highest BCUT2D eigenvalue weighted by molar-refractivity contribution is 9.10. The first-order valence-electron chi connectivity index (χ1n) is 6.91. The molecule has 0 aliphatic heterocycles. The summed E-state index contributed by atoms with van der Waals surface area (Å²) < 4.78 is 33.0. The van der Waals surface area contributed by atoms with E-state index in [1.807, 2.05) is 5.43 Å². The Morgan fingerprint density at radius 2 is 1.92 bits per heavy atom. The summed E-state index contributed by atoms with van der Waals surface area (Å²) in [7, 11) is -2.68. The predicted octanol–water partition coefficient (Wildman–Crippen LogP) is 2.30. The molecule has 0 bridgehead atoms. The first kappa shape index (κ1) is 19.5. The Morgan fingerprint density at radius 3 is 2.48 bits per heavy atom. The third-order valence-corrected chi connectivity index (χ3v) is 5.80. The molecule has 25 heavy (non-hydrogen) atoms. The molecule has 0 fully saturated rings. The number of hydrogen-bond donors (Lipinski definition) is 2. The number of carbonyl (C=O) groups is 1. The van der Waals surface area contributed by atoms with Gasteiger partial charge in [-0.2, -0.15) is 0 Å². The smallest absolute Gasteiger partial charge is 0.264 e. The maximum absolute atomic E-state index is 13.1. The summed E-state index contributed by atoms with van der Waals surface area (Å²) in [5.74, 6) is 4.67. The molecule has 3 N–H and O–H groups in total. The van der Waals surface area contributed by atoms with Gasteiger partial charge in [-0.05, 0) is 42.5 Å². The molecule has 0 radical (unpaired) electrons. The van der Waals surface area contributed by atoms with Gasteiger partial charge in [0.25, 0.3) is 15.9 Å². The first-order chi connectivity index (χ1) is 11.8. The maximum atomic E-state index is 13.1. The monoisotopic (exact) mass is 447 g/mol. The zero-order valence-electron chi connectivity index (χ0n) is 13.1. The summed E-state index contributed by atoms with van der Waals surface area (Å²) in [5.41, 5.74) is 2.05. The van der Waals surface area contributed by atoms with Gasteiger partial charge < -0.3 is 4.74 Å². The quantitative estimate of drug-likeness (QED) is 0.401. The van der Waals surface area contributed by atoms with Crippen LogP contribution in [0, 0.1) is 0 Å². The number of ether oxygens (including phenoxy) is 1. The van der Waals surface area contributed by atoms with Crippen LogP contribution in [0.2, 0.25) is 5.02 Å². The molecule has 2 aromatic carbocycles. The summed E-state index contributed by atoms with van der Waals surface area (Å²) in [6.07, 6.45) is 0. The Balaban J connectivity index is 2.62. The summed E-state index contributed by atoms with van der Waals surface area (Å²) in [6.45, 7) is -0.536. The van der Waals surface area contributed by atoms with Crippen LogP contribution in [-0.4, -0.2) is 28.0 Å². The Morgan fingerprint density at radius 1 is 1.28 bits per heavy atom. The van der Waals surface area contributed by atoms with Gasteiger partial charge in [0.05, 0.1) is 17.7 Å². The van der Waals surface area contributed by atoms with Crippen molar-refractivity contribution in [1.82, 2.24) is 5.43 Å². The number of sulfonamides is 1. The number of benzene rings is 2. The van der Waals surface area contributed by atoms with Crippen molar-refractivity contribution in [2.75, 3.05) is 18.0 Å². The lowest BCUT2D eigenvalue weighted by Gasteiger charge is -2.25. The molecule has 7 nitrogen and oxygen atoms in total. The van der Waals surface area contributed by atoms with E-state index in [0.29, 0.717) is 5.02 Å². The van der Waals surface area contributed by atoms with Crippen LogP contribution in [0.15, 0.2) is 51.8 Å². The lowest BCUT2D eigenvalue weighted by molar-refractivity contribution is -0.119. The number of nitrogens with one attached hydrogen (secondary N) is 1. The summed E-state index contributed by atoms with van der Waals surface area (Å²) >= 11 is 9.25. The first-order valence-corrected chi connectivity index (χ1v) is 9.52. The van der Waals surface area contributed by atoms with Gasteiger partial charge >= 0.3 is 0 Å². The number of amides is 1. The molecule has 10 heteroatoms. The number of carbonyl (C=O) groups excluding carboxylic acids is 1. The molecular formula is C15H15BrClN3O4S. The van der Waals surface area contributed by atoms with Crippen molar-refractivity contribution in [3.63, 3.8) is 0 Å². The molecule has 0 saturated carbocycles. The van der Waals surface area contributed by atoms with Crippen molar-refractivity contribution in [2.24, 2.45) is 5.84 Å². The van der Waals surface area contributed by atoms with Crippen molar-refractivity contribution < 1.29 is 17.9 Å². The molecular weight excluding hydrogens is 434 g/mol. The lowest BCUT2D eigenvalue weighted by atomic mass is 10.3. The van der Waals surface area contributed by atoms with Crippen LogP contribution < -0.4 is 20.3 Å². The number of anilines is 1. The van der Waals surface area contributed by atoms with Crippen LogP contribution in [-0.2, 0) is 14.8 Å². The Labute approximate surface area is 158 Å². The highest BCUT2D eigenvalue weighted by Gasteiger charge is 2.29. The van der Waals surface area contributed by atoms with Gasteiger partial charge in [0.15, 0.2) is 0 Å². The van der Waals surface area contributed by atoms with Gasteiger partial charge in [-0.3, -0.25) is 14.5 Å². The van der Waals surface area contributed by atoms with Crippen molar-refractivity contribution in [2.45, 2.75) is 4.90 Å². The van der Waals surface area contributed by atoms with E-state index < -0.39 is 22.5 Å². The number of halogens is 2. The Bertz CT molecular complexity index is 875. The van der Waals surface area contributed by atoms with Crippen LogP contribution in [0.25, 0.3) is 0 Å². The number of hydrogen-bond acceptors (Lipinski definition) is 5. The van der Waals surface area contributed by atoms with Crippen molar-refractivity contribution in [3.05, 3.63) is 52.0 Å². The van der Waals surface area contributed by atoms with E-state index >= 15 is 0 Å². The lowest BCUT2D eigenvalue weighted by Crippen LogP contribution is -2.43. The number of nitrogens with two attached hydrogens (primary N) is 1. The second-order valence-electron chi connectivity index (χ2n) is 4.85. The van der Waals surface area contributed by atoms with Crippen LogP contribution in [0.4, 0.5) is 5.69 Å². The Hall–Kier alpha value is -1.81. The zero-order chi connectivity index (χ0) is 18.6. The number of methoxy groups -OCH3 is 1. The standard InChI is InChI=1S/C15H15BrClN3O4S/c1-24-14-7-4-11(17)8-13(14)20(9-15(21)19-18)25(22,23)12-5-2-10(16)3-6-12/h2-8H,9,18H2,1H3,(H,19,21). The van der Waals surface area contributed by atoms with E-state index in [0.717, 1.165) is 8.78 Å². The summed E-state index contributed by atoms with van der Waals surface area (Å²) in [4.78, 5) is 11.8. The highest BCUT2D eigenvalue weighted by atomic mass is 79.9. The van der Waals surface area contributed by atoms with E-state index in [1.54, 1.807) is 18.2 Å². The number of nitrogens with zero attached hydrogens (tertiary/aromatic N) is 1. The molecule has 0 spiro atoms. The van der Waals surface area contributed by atoms with Gasteiger partial charge in [-0.1, -0.05) is 27.5 Å².